The lowest BCUT2D eigenvalue weighted by Gasteiger charge is -1.86. The second kappa shape index (κ2) is 3.24. The molecule has 0 fully saturated rings. The van der Waals surface area contributed by atoms with E-state index in [4.69, 9.17) is 6.42 Å². The number of hydrogen-bond donors (Lipinski definition) is 0. The zero-order valence-electron chi connectivity index (χ0n) is 7.08. The van der Waals surface area contributed by atoms with E-state index in [2.05, 4.69) is 0 Å². The van der Waals surface area contributed by atoms with Crippen LogP contribution in [-0.2, 0) is 0 Å². The van der Waals surface area contributed by atoms with Crippen molar-refractivity contribution in [3.8, 4) is 12.3 Å². The summed E-state index contributed by atoms with van der Waals surface area (Å²) in [6.07, 6.45) is 4.99. The fourth-order valence-corrected chi connectivity index (χ4v) is 2.14. The molecule has 0 bridgehead atoms. The average Bonchev–Trinajstić information content (AvgIpc) is 2.59. The van der Waals surface area contributed by atoms with Crippen LogP contribution in [-0.4, -0.2) is 5.78 Å². The highest BCUT2D eigenvalue weighted by Gasteiger charge is 2.07. The van der Waals surface area contributed by atoms with Gasteiger partial charge in [0.1, 0.15) is 5.82 Å². The van der Waals surface area contributed by atoms with Crippen molar-refractivity contribution in [3.63, 3.8) is 0 Å². The summed E-state index contributed by atoms with van der Waals surface area (Å²) in [6.45, 7) is 0. The zero-order valence-corrected chi connectivity index (χ0v) is 7.90. The molecular formula is C11H5FOS. The molecule has 0 N–H and O–H groups in total. The maximum Gasteiger partial charge on any atom is 0.245 e. The second-order valence-corrected chi connectivity index (χ2v) is 3.85. The van der Waals surface area contributed by atoms with E-state index in [0.717, 1.165) is 4.70 Å². The average molecular weight is 204 g/mol. The highest BCUT2D eigenvalue weighted by molar-refractivity contribution is 7.21. The van der Waals surface area contributed by atoms with Crippen LogP contribution in [0.3, 0.4) is 0 Å². The normalized spacial score (nSPS) is 10.0. The monoisotopic (exact) mass is 204 g/mol. The zero-order chi connectivity index (χ0) is 10.1. The Morgan fingerprint density at radius 1 is 1.43 bits per heavy atom. The van der Waals surface area contributed by atoms with Gasteiger partial charge in [0.25, 0.3) is 0 Å². The van der Waals surface area contributed by atoms with Crippen LogP contribution in [0.5, 0.6) is 0 Å². The van der Waals surface area contributed by atoms with E-state index in [1.807, 2.05) is 5.92 Å². The van der Waals surface area contributed by atoms with Crippen molar-refractivity contribution in [2.75, 3.05) is 0 Å². The summed E-state index contributed by atoms with van der Waals surface area (Å²) in [5, 5.41) is 0.716. The molecule has 0 radical (unpaired) electrons. The maximum absolute atomic E-state index is 12.8. The fourth-order valence-electron chi connectivity index (χ4n) is 1.20. The van der Waals surface area contributed by atoms with Crippen LogP contribution in [0, 0.1) is 18.2 Å². The van der Waals surface area contributed by atoms with Gasteiger partial charge in [-0.2, -0.15) is 0 Å². The number of fused-ring (bicyclic) bond motifs is 1. The Balaban J connectivity index is 2.64. The lowest BCUT2D eigenvalue weighted by Crippen LogP contribution is -1.87. The van der Waals surface area contributed by atoms with Crippen LogP contribution < -0.4 is 0 Å². The SMILES string of the molecule is C#CC(=O)c1cc2cc(F)ccc2s1. The summed E-state index contributed by atoms with van der Waals surface area (Å²) in [5.74, 6) is 1.37. The van der Waals surface area contributed by atoms with Crippen LogP contribution in [0.4, 0.5) is 4.39 Å². The van der Waals surface area contributed by atoms with Gasteiger partial charge >= 0.3 is 0 Å². The summed E-state index contributed by atoms with van der Waals surface area (Å²) in [7, 11) is 0. The van der Waals surface area contributed by atoms with Gasteiger partial charge in [0, 0.05) is 4.70 Å². The van der Waals surface area contributed by atoms with E-state index in [9.17, 15) is 9.18 Å². The lowest BCUT2D eigenvalue weighted by atomic mass is 10.2. The third kappa shape index (κ3) is 1.40. The predicted molar refractivity (Wildman–Crippen MR) is 54.9 cm³/mol. The molecule has 2 rings (SSSR count). The minimum atomic E-state index is -0.355. The Bertz CT molecular complexity index is 548. The summed E-state index contributed by atoms with van der Waals surface area (Å²) < 4.78 is 13.7. The molecule has 68 valence electrons. The van der Waals surface area contributed by atoms with E-state index in [-0.39, 0.29) is 11.6 Å². The Morgan fingerprint density at radius 3 is 2.93 bits per heavy atom. The van der Waals surface area contributed by atoms with Crippen LogP contribution in [0.1, 0.15) is 9.67 Å². The maximum atomic E-state index is 12.8. The van der Waals surface area contributed by atoms with Gasteiger partial charge in [-0.15, -0.1) is 17.8 Å². The first kappa shape index (κ1) is 8.92. The highest BCUT2D eigenvalue weighted by atomic mass is 32.1. The van der Waals surface area contributed by atoms with E-state index in [0.29, 0.717) is 10.3 Å². The third-order valence-electron chi connectivity index (χ3n) is 1.83. The topological polar surface area (TPSA) is 17.1 Å². The van der Waals surface area contributed by atoms with Crippen molar-refractivity contribution < 1.29 is 9.18 Å². The third-order valence-corrected chi connectivity index (χ3v) is 2.95. The van der Waals surface area contributed by atoms with Crippen molar-refractivity contribution in [2.45, 2.75) is 0 Å². The largest absolute Gasteiger partial charge is 0.278 e. The van der Waals surface area contributed by atoms with Gasteiger partial charge in [-0.1, -0.05) is 0 Å². The molecule has 0 saturated carbocycles. The first-order chi connectivity index (χ1) is 6.70. The van der Waals surface area contributed by atoms with Gasteiger partial charge < -0.3 is 0 Å². The van der Waals surface area contributed by atoms with E-state index < -0.39 is 0 Å². The molecule has 14 heavy (non-hydrogen) atoms. The molecule has 0 aliphatic rings. The Kier molecular flexibility index (Phi) is 2.06. The Hall–Kier alpha value is -1.66. The van der Waals surface area contributed by atoms with Gasteiger partial charge in [0.05, 0.1) is 4.88 Å². The molecule has 0 spiro atoms. The molecule has 0 saturated heterocycles. The molecule has 0 atom stereocenters. The van der Waals surface area contributed by atoms with E-state index in [1.165, 1.54) is 23.5 Å². The number of halogens is 1. The van der Waals surface area contributed by atoms with Crippen molar-refractivity contribution in [1.82, 2.24) is 0 Å². The molecule has 0 amide bonds. The Labute approximate surface area is 84.2 Å². The molecule has 1 heterocycles. The van der Waals surface area contributed by atoms with Gasteiger partial charge in [0.15, 0.2) is 0 Å². The van der Waals surface area contributed by atoms with Crippen LogP contribution >= 0.6 is 11.3 Å². The molecule has 1 nitrogen and oxygen atoms in total. The van der Waals surface area contributed by atoms with Crippen molar-refractivity contribution in [3.05, 3.63) is 35.0 Å². The Morgan fingerprint density at radius 2 is 2.21 bits per heavy atom. The number of carbonyl (C=O) groups is 1. The van der Waals surface area contributed by atoms with Gasteiger partial charge in [-0.05, 0) is 35.6 Å². The molecule has 1 aromatic heterocycles. The fraction of sp³-hybridized carbons (Fsp3) is 0. The summed E-state index contributed by atoms with van der Waals surface area (Å²) in [4.78, 5) is 11.6. The van der Waals surface area contributed by atoms with Crippen molar-refractivity contribution >= 4 is 27.2 Å². The number of ketones is 1. The van der Waals surface area contributed by atoms with E-state index in [1.54, 1.807) is 12.1 Å². The minimum Gasteiger partial charge on any atom is -0.278 e. The molecule has 0 aliphatic carbocycles. The molecule has 3 heteroatoms. The second-order valence-electron chi connectivity index (χ2n) is 2.77. The van der Waals surface area contributed by atoms with Crippen molar-refractivity contribution in [2.24, 2.45) is 0 Å². The molecule has 2 aromatic rings. The summed E-state index contributed by atoms with van der Waals surface area (Å²) in [6, 6.07) is 6.01. The van der Waals surface area contributed by atoms with Gasteiger partial charge in [-0.25, -0.2) is 4.39 Å². The summed E-state index contributed by atoms with van der Waals surface area (Å²) in [5.41, 5.74) is 0. The molecular weight excluding hydrogens is 199 g/mol. The summed E-state index contributed by atoms with van der Waals surface area (Å²) >= 11 is 1.28. The predicted octanol–water partition coefficient (Wildman–Crippen LogP) is 2.86. The van der Waals surface area contributed by atoms with Gasteiger partial charge in [-0.3, -0.25) is 4.79 Å². The lowest BCUT2D eigenvalue weighted by molar-refractivity contribution is 0.106. The van der Waals surface area contributed by atoms with Gasteiger partial charge in [0.2, 0.25) is 5.78 Å². The van der Waals surface area contributed by atoms with Crippen molar-refractivity contribution in [1.29, 1.82) is 0 Å². The van der Waals surface area contributed by atoms with Crippen LogP contribution in [0.15, 0.2) is 24.3 Å². The standard InChI is InChI=1S/C11H5FOS/c1-2-9(13)11-6-7-5-8(12)3-4-10(7)14-11/h1,3-6H. The van der Waals surface area contributed by atoms with Crippen LogP contribution in [0.25, 0.3) is 10.1 Å². The number of thiophene rings is 1. The first-order valence-electron chi connectivity index (χ1n) is 3.91. The number of rotatable bonds is 1. The smallest absolute Gasteiger partial charge is 0.245 e. The van der Waals surface area contributed by atoms with E-state index >= 15 is 0 Å². The number of terminal acetylenes is 1. The number of Topliss-reactive ketones (excluding diaryl/α,β-unsaturated/α-hetero) is 1. The number of carbonyl (C=O) groups excluding carboxylic acids is 1. The molecule has 1 aromatic carbocycles. The molecule has 0 unspecified atom stereocenters. The minimum absolute atomic E-state index is 0.310. The quantitative estimate of drug-likeness (QED) is 0.396. The highest BCUT2D eigenvalue weighted by Crippen LogP contribution is 2.26. The number of hydrogen-bond acceptors (Lipinski definition) is 2. The molecule has 0 aliphatic heterocycles. The number of benzene rings is 1. The van der Waals surface area contributed by atoms with Crippen LogP contribution in [0.2, 0.25) is 0 Å². The first-order valence-corrected chi connectivity index (χ1v) is 4.72.